The van der Waals surface area contributed by atoms with Gasteiger partial charge in [-0.15, -0.1) is 0 Å². The van der Waals surface area contributed by atoms with E-state index in [1.807, 2.05) is 25.1 Å². The number of nitrogens with zero attached hydrogens (tertiary/aromatic N) is 4. The average Bonchev–Trinajstić information content (AvgIpc) is 3.34. The van der Waals surface area contributed by atoms with Crippen molar-refractivity contribution in [3.8, 4) is 17.1 Å². The van der Waals surface area contributed by atoms with E-state index in [1.54, 1.807) is 24.9 Å². The molecule has 0 radical (unpaired) electrons. The van der Waals surface area contributed by atoms with Crippen LogP contribution in [0.3, 0.4) is 0 Å². The fraction of sp³-hybridized carbons (Fsp3) is 0.333. The molecule has 0 saturated carbocycles. The van der Waals surface area contributed by atoms with Crippen molar-refractivity contribution in [2.24, 2.45) is 7.05 Å². The summed E-state index contributed by atoms with van der Waals surface area (Å²) in [5, 5.41) is 11.1. The van der Waals surface area contributed by atoms with Gasteiger partial charge in [-0.2, -0.15) is 10.1 Å². The Hall–Kier alpha value is -3.20. The van der Waals surface area contributed by atoms with Gasteiger partial charge in [-0.25, -0.2) is 0 Å². The second-order valence-corrected chi connectivity index (χ2v) is 6.33. The van der Waals surface area contributed by atoms with Crippen molar-refractivity contribution in [1.82, 2.24) is 25.2 Å². The fourth-order valence-electron chi connectivity index (χ4n) is 3.08. The van der Waals surface area contributed by atoms with Crippen LogP contribution in [0.5, 0.6) is 5.75 Å². The first kappa shape index (κ1) is 17.2. The highest BCUT2D eigenvalue weighted by Crippen LogP contribution is 2.35. The van der Waals surface area contributed by atoms with Gasteiger partial charge in [0.15, 0.2) is 0 Å². The van der Waals surface area contributed by atoms with Gasteiger partial charge in [0.05, 0.1) is 11.7 Å². The first-order valence-corrected chi connectivity index (χ1v) is 8.45. The van der Waals surface area contributed by atoms with E-state index in [4.69, 9.17) is 14.0 Å². The molecule has 140 valence electrons. The maximum absolute atomic E-state index is 12.5. The highest BCUT2D eigenvalue weighted by Gasteiger charge is 2.27. The molecule has 27 heavy (non-hydrogen) atoms. The van der Waals surface area contributed by atoms with Crippen molar-refractivity contribution in [1.29, 1.82) is 0 Å². The van der Waals surface area contributed by atoms with Crippen molar-refractivity contribution in [3.63, 3.8) is 0 Å². The summed E-state index contributed by atoms with van der Waals surface area (Å²) in [6, 6.07) is 7.15. The monoisotopic (exact) mass is 369 g/mol. The molecule has 0 fully saturated rings. The molecule has 1 aliphatic rings. The largest absolute Gasteiger partial charge is 0.491 e. The smallest absolute Gasteiger partial charge is 0.270 e. The van der Waals surface area contributed by atoms with E-state index in [1.165, 1.54) is 0 Å². The number of nitrogens with one attached hydrogen (secondary N) is 1. The van der Waals surface area contributed by atoms with E-state index < -0.39 is 0 Å². The van der Waals surface area contributed by atoms with E-state index in [-0.39, 0.29) is 18.6 Å². The molecule has 1 atom stereocenters. The first-order chi connectivity index (χ1) is 13.0. The van der Waals surface area contributed by atoms with E-state index in [2.05, 4.69) is 20.6 Å². The zero-order chi connectivity index (χ0) is 19.0. The SMILES string of the molecule is COCc1nc(-c2ccc3c(c2)OCC3NC(=O)c2cc(C)nn2C)no1. The van der Waals surface area contributed by atoms with E-state index in [0.717, 1.165) is 16.8 Å². The van der Waals surface area contributed by atoms with Crippen LogP contribution in [-0.4, -0.2) is 39.5 Å². The zero-order valence-electron chi connectivity index (χ0n) is 15.2. The number of carbonyl (C=O) groups is 1. The third-order valence-corrected chi connectivity index (χ3v) is 4.33. The molecule has 0 spiro atoms. The van der Waals surface area contributed by atoms with Crippen LogP contribution in [0.25, 0.3) is 11.4 Å². The van der Waals surface area contributed by atoms with E-state index in [0.29, 0.717) is 29.8 Å². The third-order valence-electron chi connectivity index (χ3n) is 4.33. The van der Waals surface area contributed by atoms with Gasteiger partial charge < -0.3 is 19.3 Å². The lowest BCUT2D eigenvalue weighted by Crippen LogP contribution is -2.30. The predicted molar refractivity (Wildman–Crippen MR) is 94.1 cm³/mol. The van der Waals surface area contributed by atoms with Gasteiger partial charge >= 0.3 is 0 Å². The number of methoxy groups -OCH3 is 1. The number of ether oxygens (including phenoxy) is 2. The van der Waals surface area contributed by atoms with E-state index in [9.17, 15) is 4.79 Å². The lowest BCUT2D eigenvalue weighted by molar-refractivity contribution is 0.0920. The van der Waals surface area contributed by atoms with Crippen LogP contribution in [0.1, 0.15) is 33.7 Å². The van der Waals surface area contributed by atoms with Crippen molar-refractivity contribution >= 4 is 5.91 Å². The summed E-state index contributed by atoms with van der Waals surface area (Å²) in [6.07, 6.45) is 0. The minimum absolute atomic E-state index is 0.189. The van der Waals surface area contributed by atoms with Crippen LogP contribution in [0.4, 0.5) is 0 Å². The van der Waals surface area contributed by atoms with Gasteiger partial charge in [0.1, 0.15) is 24.7 Å². The first-order valence-electron chi connectivity index (χ1n) is 8.45. The summed E-state index contributed by atoms with van der Waals surface area (Å²) in [4.78, 5) is 16.8. The number of aryl methyl sites for hydroxylation is 2. The Balaban J connectivity index is 1.52. The van der Waals surface area contributed by atoms with E-state index >= 15 is 0 Å². The van der Waals surface area contributed by atoms with Gasteiger partial charge in [-0.1, -0.05) is 17.3 Å². The summed E-state index contributed by atoms with van der Waals surface area (Å²) >= 11 is 0. The predicted octanol–water partition coefficient (Wildman–Crippen LogP) is 1.79. The molecule has 3 aromatic rings. The summed E-state index contributed by atoms with van der Waals surface area (Å²) in [6.45, 7) is 2.47. The van der Waals surface area contributed by atoms with Crippen molar-refractivity contribution < 1.29 is 18.8 Å². The summed E-state index contributed by atoms with van der Waals surface area (Å²) in [5.74, 6) is 1.37. The molecule has 2 aromatic heterocycles. The molecule has 0 aliphatic carbocycles. The number of fused-ring (bicyclic) bond motifs is 1. The Kier molecular flexibility index (Phi) is 4.36. The molecule has 1 N–H and O–H groups in total. The fourth-order valence-corrected chi connectivity index (χ4v) is 3.08. The second-order valence-electron chi connectivity index (χ2n) is 6.33. The van der Waals surface area contributed by atoms with Crippen molar-refractivity contribution in [3.05, 3.63) is 47.1 Å². The van der Waals surface area contributed by atoms with Crippen LogP contribution >= 0.6 is 0 Å². The van der Waals surface area contributed by atoms with Crippen molar-refractivity contribution in [2.45, 2.75) is 19.6 Å². The molecule has 9 nitrogen and oxygen atoms in total. The Morgan fingerprint density at radius 2 is 2.26 bits per heavy atom. The molecule has 1 unspecified atom stereocenters. The molecular weight excluding hydrogens is 350 g/mol. The van der Waals surface area contributed by atoms with Gasteiger partial charge in [-0.3, -0.25) is 9.48 Å². The average molecular weight is 369 g/mol. The number of amides is 1. The molecule has 1 aromatic carbocycles. The molecule has 9 heteroatoms. The van der Waals surface area contributed by atoms with Crippen LogP contribution in [0, 0.1) is 6.92 Å². The van der Waals surface area contributed by atoms with Gasteiger partial charge in [-0.05, 0) is 19.1 Å². The molecule has 1 aliphatic heterocycles. The summed E-state index contributed by atoms with van der Waals surface area (Å²) in [7, 11) is 3.31. The number of hydrogen-bond acceptors (Lipinski definition) is 7. The minimum atomic E-state index is -0.230. The topological polar surface area (TPSA) is 104 Å². The van der Waals surface area contributed by atoms with Crippen LogP contribution in [-0.2, 0) is 18.4 Å². The molecule has 1 amide bonds. The molecular formula is C18H19N5O4. The van der Waals surface area contributed by atoms with Gasteiger partial charge in [0, 0.05) is 25.3 Å². The highest BCUT2D eigenvalue weighted by atomic mass is 16.5. The number of benzene rings is 1. The normalized spacial score (nSPS) is 15.4. The molecule has 4 rings (SSSR count). The molecule has 0 bridgehead atoms. The quantitative estimate of drug-likeness (QED) is 0.731. The summed E-state index contributed by atoms with van der Waals surface area (Å²) < 4.78 is 17.4. The highest BCUT2D eigenvalue weighted by molar-refractivity contribution is 5.93. The number of aromatic nitrogens is 4. The third kappa shape index (κ3) is 3.28. The summed E-state index contributed by atoms with van der Waals surface area (Å²) in [5.41, 5.74) is 2.99. The maximum atomic E-state index is 12.5. The van der Waals surface area contributed by atoms with Crippen LogP contribution < -0.4 is 10.1 Å². The van der Waals surface area contributed by atoms with Crippen molar-refractivity contribution in [2.75, 3.05) is 13.7 Å². The standard InChI is InChI=1S/C18H19N5O4/c1-10-6-14(23(2)21-10)18(24)19-13-8-26-15-7-11(4-5-12(13)15)17-20-16(9-25-3)27-22-17/h4-7,13H,8-9H2,1-3H3,(H,19,24). The van der Waals surface area contributed by atoms with Gasteiger partial charge in [0.2, 0.25) is 5.82 Å². The minimum Gasteiger partial charge on any atom is -0.491 e. The Bertz CT molecular complexity index is 994. The lowest BCUT2D eigenvalue weighted by Gasteiger charge is -2.11. The molecule has 0 saturated heterocycles. The Morgan fingerprint density at radius 1 is 1.41 bits per heavy atom. The molecule has 3 heterocycles. The second kappa shape index (κ2) is 6.84. The number of carbonyl (C=O) groups excluding carboxylic acids is 1. The van der Waals surface area contributed by atoms with Gasteiger partial charge in [0.25, 0.3) is 11.8 Å². The Morgan fingerprint density at radius 3 is 3.00 bits per heavy atom. The zero-order valence-corrected chi connectivity index (χ0v) is 15.2. The number of hydrogen-bond donors (Lipinski definition) is 1. The lowest BCUT2D eigenvalue weighted by atomic mass is 10.1. The number of rotatable bonds is 5. The Labute approximate surface area is 155 Å². The maximum Gasteiger partial charge on any atom is 0.270 e. The van der Waals surface area contributed by atoms with Crippen LogP contribution in [0.2, 0.25) is 0 Å². The van der Waals surface area contributed by atoms with Crippen LogP contribution in [0.15, 0.2) is 28.8 Å².